The van der Waals surface area contributed by atoms with Gasteiger partial charge in [-0.25, -0.2) is 4.90 Å². The van der Waals surface area contributed by atoms with Crippen LogP contribution in [0.2, 0.25) is 10.0 Å². The number of amides is 2. The lowest BCUT2D eigenvalue weighted by Gasteiger charge is -2.15. The summed E-state index contributed by atoms with van der Waals surface area (Å²) in [5.41, 5.74) is 0.909. The highest BCUT2D eigenvalue weighted by atomic mass is 35.5. The molecule has 7 heteroatoms. The molecule has 0 atom stereocenters. The van der Waals surface area contributed by atoms with E-state index in [1.165, 1.54) is 6.07 Å². The van der Waals surface area contributed by atoms with Gasteiger partial charge in [0.25, 0.3) is 11.8 Å². The maximum atomic E-state index is 12.6. The van der Waals surface area contributed by atoms with Crippen LogP contribution in [0.15, 0.2) is 59.3 Å². The number of carbonyl (C=O) groups is 2. The lowest BCUT2D eigenvalue weighted by Crippen LogP contribution is -2.32. The standard InChI is InChI=1S/C16H9Cl3N2O2/c17-9-3-1-5-11(7-9)20-14-13(19)15(22)21(16(14)23)12-6-2-4-10(18)8-12/h1-8,20H. The minimum atomic E-state index is -0.608. The van der Waals surface area contributed by atoms with Gasteiger partial charge in [-0.2, -0.15) is 0 Å². The Balaban J connectivity index is 1.93. The topological polar surface area (TPSA) is 49.4 Å². The molecule has 2 aromatic carbocycles. The minimum Gasteiger partial charge on any atom is -0.350 e. The molecule has 0 bridgehead atoms. The Bertz CT molecular complexity index is 849. The minimum absolute atomic E-state index is 0.00101. The van der Waals surface area contributed by atoms with Crippen molar-refractivity contribution in [1.29, 1.82) is 0 Å². The van der Waals surface area contributed by atoms with Crippen LogP contribution in [0.5, 0.6) is 0 Å². The molecule has 0 saturated heterocycles. The monoisotopic (exact) mass is 366 g/mol. The van der Waals surface area contributed by atoms with Gasteiger partial charge in [0, 0.05) is 15.7 Å². The van der Waals surface area contributed by atoms with Crippen LogP contribution in [0.1, 0.15) is 0 Å². The van der Waals surface area contributed by atoms with Crippen molar-refractivity contribution in [1.82, 2.24) is 0 Å². The van der Waals surface area contributed by atoms with Gasteiger partial charge in [-0.05, 0) is 36.4 Å². The van der Waals surface area contributed by atoms with Crippen LogP contribution < -0.4 is 10.2 Å². The predicted molar refractivity (Wildman–Crippen MR) is 91.9 cm³/mol. The lowest BCUT2D eigenvalue weighted by molar-refractivity contribution is -0.120. The molecule has 0 aromatic heterocycles. The molecule has 0 radical (unpaired) electrons. The largest absolute Gasteiger partial charge is 0.350 e. The third-order valence-electron chi connectivity index (χ3n) is 3.19. The molecule has 1 heterocycles. The van der Waals surface area contributed by atoms with Crippen LogP contribution in [-0.4, -0.2) is 11.8 Å². The number of carbonyl (C=O) groups excluding carboxylic acids is 2. The molecule has 3 rings (SSSR count). The van der Waals surface area contributed by atoms with Gasteiger partial charge < -0.3 is 5.32 Å². The molecule has 0 saturated carbocycles. The molecule has 0 fully saturated rings. The first kappa shape index (κ1) is 15.9. The number of anilines is 2. The van der Waals surface area contributed by atoms with Crippen molar-refractivity contribution in [2.75, 3.05) is 10.2 Å². The average Bonchev–Trinajstić information content (AvgIpc) is 2.71. The Morgan fingerprint density at radius 1 is 0.826 bits per heavy atom. The van der Waals surface area contributed by atoms with Crippen molar-refractivity contribution < 1.29 is 9.59 Å². The van der Waals surface area contributed by atoms with Crippen molar-refractivity contribution >= 4 is 58.0 Å². The molecular formula is C16H9Cl3N2O2. The van der Waals surface area contributed by atoms with E-state index in [9.17, 15) is 9.59 Å². The molecule has 0 unspecified atom stereocenters. The molecule has 1 N–H and O–H groups in total. The van der Waals surface area contributed by atoms with Gasteiger partial charge in [-0.15, -0.1) is 0 Å². The van der Waals surface area contributed by atoms with Crippen LogP contribution in [0, 0.1) is 0 Å². The lowest BCUT2D eigenvalue weighted by atomic mass is 10.3. The summed E-state index contributed by atoms with van der Waals surface area (Å²) in [6.45, 7) is 0. The molecule has 0 spiro atoms. The smallest absolute Gasteiger partial charge is 0.283 e. The third-order valence-corrected chi connectivity index (χ3v) is 4.01. The summed E-state index contributed by atoms with van der Waals surface area (Å²) >= 11 is 17.9. The summed E-state index contributed by atoms with van der Waals surface area (Å²) in [6.07, 6.45) is 0. The van der Waals surface area contributed by atoms with E-state index in [2.05, 4.69) is 5.32 Å². The maximum Gasteiger partial charge on any atom is 0.283 e. The maximum absolute atomic E-state index is 12.6. The van der Waals surface area contributed by atoms with Gasteiger partial charge in [0.1, 0.15) is 10.7 Å². The van der Waals surface area contributed by atoms with Crippen molar-refractivity contribution in [2.45, 2.75) is 0 Å². The second-order valence-electron chi connectivity index (χ2n) is 4.75. The van der Waals surface area contributed by atoms with E-state index >= 15 is 0 Å². The van der Waals surface area contributed by atoms with Crippen molar-refractivity contribution in [3.63, 3.8) is 0 Å². The first-order valence-corrected chi connectivity index (χ1v) is 7.67. The van der Waals surface area contributed by atoms with Crippen molar-refractivity contribution in [3.05, 3.63) is 69.3 Å². The van der Waals surface area contributed by atoms with Crippen molar-refractivity contribution in [3.8, 4) is 0 Å². The highest BCUT2D eigenvalue weighted by Crippen LogP contribution is 2.31. The van der Waals surface area contributed by atoms with E-state index in [1.807, 2.05) is 0 Å². The number of nitrogens with zero attached hydrogens (tertiary/aromatic N) is 1. The summed E-state index contributed by atoms with van der Waals surface area (Å²) in [7, 11) is 0. The second-order valence-corrected chi connectivity index (χ2v) is 6.00. The number of nitrogens with one attached hydrogen (secondary N) is 1. The van der Waals surface area contributed by atoms with E-state index in [1.54, 1.807) is 42.5 Å². The molecule has 116 valence electrons. The number of halogens is 3. The number of hydrogen-bond acceptors (Lipinski definition) is 3. The van der Waals surface area contributed by atoms with Gasteiger partial charge in [-0.3, -0.25) is 9.59 Å². The molecule has 2 aromatic rings. The van der Waals surface area contributed by atoms with Gasteiger partial charge in [0.05, 0.1) is 5.69 Å². The number of hydrogen-bond donors (Lipinski definition) is 1. The SMILES string of the molecule is O=C1C(Cl)=C(Nc2cccc(Cl)c2)C(=O)N1c1cccc(Cl)c1. The fraction of sp³-hybridized carbons (Fsp3) is 0. The normalized spacial score (nSPS) is 14.7. The fourth-order valence-corrected chi connectivity index (χ4v) is 2.76. The van der Waals surface area contributed by atoms with Crippen molar-refractivity contribution in [2.24, 2.45) is 0 Å². The Morgan fingerprint density at radius 2 is 1.48 bits per heavy atom. The highest BCUT2D eigenvalue weighted by Gasteiger charge is 2.39. The Labute approximate surface area is 147 Å². The second kappa shape index (κ2) is 6.24. The predicted octanol–water partition coefficient (Wildman–Crippen LogP) is 4.43. The van der Waals surface area contributed by atoms with Crippen LogP contribution >= 0.6 is 34.8 Å². The van der Waals surface area contributed by atoms with E-state index in [0.29, 0.717) is 21.4 Å². The van der Waals surface area contributed by atoms with Gasteiger partial charge in [0.15, 0.2) is 0 Å². The molecule has 0 aliphatic carbocycles. The summed E-state index contributed by atoms with van der Waals surface area (Å²) in [5, 5.41) is 3.57. The summed E-state index contributed by atoms with van der Waals surface area (Å²) in [4.78, 5) is 25.8. The zero-order valence-electron chi connectivity index (χ0n) is 11.5. The van der Waals surface area contributed by atoms with E-state index < -0.39 is 11.8 Å². The molecule has 2 amide bonds. The quantitative estimate of drug-likeness (QED) is 0.817. The number of imide groups is 1. The number of benzene rings is 2. The summed E-state index contributed by atoms with van der Waals surface area (Å²) in [6, 6.07) is 13.2. The fourth-order valence-electron chi connectivity index (χ4n) is 2.17. The highest BCUT2D eigenvalue weighted by molar-refractivity contribution is 6.53. The van der Waals surface area contributed by atoms with Gasteiger partial charge in [0.2, 0.25) is 0 Å². The molecule has 1 aliphatic rings. The molecule has 1 aliphatic heterocycles. The first-order valence-electron chi connectivity index (χ1n) is 6.54. The Kier molecular flexibility index (Phi) is 4.31. The van der Waals surface area contributed by atoms with Crippen LogP contribution in [0.3, 0.4) is 0 Å². The van der Waals surface area contributed by atoms with E-state index in [-0.39, 0.29) is 10.7 Å². The Hall–Kier alpha value is -2.01. The first-order chi connectivity index (χ1) is 11.0. The Morgan fingerprint density at radius 3 is 2.13 bits per heavy atom. The van der Waals surface area contributed by atoms with Gasteiger partial charge >= 0.3 is 0 Å². The summed E-state index contributed by atoms with van der Waals surface area (Å²) in [5.74, 6) is -1.16. The van der Waals surface area contributed by atoms with Crippen LogP contribution in [0.4, 0.5) is 11.4 Å². The number of rotatable bonds is 3. The average molecular weight is 368 g/mol. The molecule has 23 heavy (non-hydrogen) atoms. The zero-order chi connectivity index (χ0) is 16.6. The van der Waals surface area contributed by atoms with Crippen LogP contribution in [-0.2, 0) is 9.59 Å². The van der Waals surface area contributed by atoms with E-state index in [4.69, 9.17) is 34.8 Å². The molecular weight excluding hydrogens is 359 g/mol. The zero-order valence-corrected chi connectivity index (χ0v) is 13.8. The van der Waals surface area contributed by atoms with Crippen LogP contribution in [0.25, 0.3) is 0 Å². The van der Waals surface area contributed by atoms with Gasteiger partial charge in [-0.1, -0.05) is 46.9 Å². The third kappa shape index (κ3) is 3.06. The van der Waals surface area contributed by atoms with E-state index in [0.717, 1.165) is 4.90 Å². The summed E-state index contributed by atoms with van der Waals surface area (Å²) < 4.78 is 0. The molecule has 4 nitrogen and oxygen atoms in total.